The number of carboxylic acids is 1. The number of anilines is 1. The summed E-state index contributed by atoms with van der Waals surface area (Å²) in [7, 11) is 0. The molecule has 1 aromatic carbocycles. The lowest BCUT2D eigenvalue weighted by Gasteiger charge is -2.11. The third-order valence-electron chi connectivity index (χ3n) is 1.87. The second-order valence-electron chi connectivity index (χ2n) is 3.26. The Bertz CT molecular complexity index is 469. The monoisotopic (exact) mass is 263 g/mol. The van der Waals surface area contributed by atoms with Crippen molar-refractivity contribution >= 4 is 17.7 Å². The largest absolute Gasteiger partial charge is 0.479 e. The van der Waals surface area contributed by atoms with Crippen LogP contribution in [0.3, 0.4) is 0 Å². The smallest absolute Gasteiger partial charge is 0.412 e. The fraction of sp³-hybridized carbons (Fsp3) is 0.200. The van der Waals surface area contributed by atoms with Gasteiger partial charge in [-0.15, -0.1) is 0 Å². The second-order valence-corrected chi connectivity index (χ2v) is 3.26. The molecule has 0 fully saturated rings. The van der Waals surface area contributed by atoms with Crippen LogP contribution in [0.4, 0.5) is 23.7 Å². The summed E-state index contributed by atoms with van der Waals surface area (Å²) >= 11 is 0. The van der Waals surface area contributed by atoms with Crippen molar-refractivity contribution in [1.82, 2.24) is 0 Å². The number of rotatable bonds is 3. The highest BCUT2D eigenvalue weighted by atomic mass is 19.1. The number of nitrogens with one attached hydrogen (secondary N) is 1. The zero-order chi connectivity index (χ0) is 13.9. The minimum atomic E-state index is -1.49. The number of hydrogen-bond donors (Lipinski definition) is 2. The summed E-state index contributed by atoms with van der Waals surface area (Å²) in [6.45, 7) is 1.05. The van der Waals surface area contributed by atoms with E-state index in [0.717, 1.165) is 6.92 Å². The number of carbonyl (C=O) groups is 2. The maximum Gasteiger partial charge on any atom is 0.412 e. The average Bonchev–Trinajstić information content (AvgIpc) is 2.23. The van der Waals surface area contributed by atoms with Crippen LogP contribution in [-0.2, 0) is 9.53 Å². The van der Waals surface area contributed by atoms with Crippen LogP contribution < -0.4 is 5.32 Å². The Morgan fingerprint density at radius 1 is 1.28 bits per heavy atom. The molecule has 0 aliphatic heterocycles. The Hall–Kier alpha value is -2.25. The van der Waals surface area contributed by atoms with E-state index in [-0.39, 0.29) is 0 Å². The number of aliphatic carboxylic acids is 1. The second kappa shape index (κ2) is 5.39. The molecule has 0 aliphatic rings. The van der Waals surface area contributed by atoms with Crippen molar-refractivity contribution < 1.29 is 32.6 Å². The molecule has 1 aromatic rings. The Morgan fingerprint density at radius 3 is 2.22 bits per heavy atom. The fourth-order valence-corrected chi connectivity index (χ4v) is 1.00. The molecule has 0 bridgehead atoms. The van der Waals surface area contributed by atoms with Gasteiger partial charge in [-0.3, -0.25) is 5.32 Å². The number of carboxylic acid groups (broad SMARTS) is 1. The first-order chi connectivity index (χ1) is 8.31. The molecule has 1 rings (SSSR count). The zero-order valence-electron chi connectivity index (χ0n) is 9.04. The van der Waals surface area contributed by atoms with E-state index in [4.69, 9.17) is 5.11 Å². The number of halogens is 3. The van der Waals surface area contributed by atoms with E-state index in [9.17, 15) is 22.8 Å². The normalized spacial score (nSPS) is 11.8. The first-order valence-corrected chi connectivity index (χ1v) is 4.66. The maximum atomic E-state index is 13.1. The first kappa shape index (κ1) is 13.8. The van der Waals surface area contributed by atoms with Gasteiger partial charge in [0.25, 0.3) is 0 Å². The van der Waals surface area contributed by atoms with E-state index in [2.05, 4.69) is 4.74 Å². The molecule has 1 atom stereocenters. The van der Waals surface area contributed by atoms with Crippen LogP contribution in [-0.4, -0.2) is 23.3 Å². The number of carbonyl (C=O) groups excluding carboxylic acids is 1. The highest BCUT2D eigenvalue weighted by Crippen LogP contribution is 2.20. The van der Waals surface area contributed by atoms with E-state index >= 15 is 0 Å². The van der Waals surface area contributed by atoms with Gasteiger partial charge in [0, 0.05) is 12.1 Å². The molecule has 98 valence electrons. The van der Waals surface area contributed by atoms with Crippen molar-refractivity contribution in [2.24, 2.45) is 0 Å². The lowest BCUT2D eigenvalue weighted by atomic mass is 10.3. The van der Waals surface area contributed by atoms with Gasteiger partial charge >= 0.3 is 12.1 Å². The van der Waals surface area contributed by atoms with Gasteiger partial charge in [0.05, 0.1) is 0 Å². The highest BCUT2D eigenvalue weighted by molar-refractivity contribution is 5.87. The lowest BCUT2D eigenvalue weighted by molar-refractivity contribution is -0.145. The third-order valence-corrected chi connectivity index (χ3v) is 1.87. The molecule has 0 saturated heterocycles. The first-order valence-electron chi connectivity index (χ1n) is 4.66. The predicted molar refractivity (Wildman–Crippen MR) is 53.5 cm³/mol. The average molecular weight is 263 g/mol. The van der Waals surface area contributed by atoms with E-state index in [1.807, 2.05) is 0 Å². The Morgan fingerprint density at radius 2 is 1.78 bits per heavy atom. The van der Waals surface area contributed by atoms with E-state index in [1.165, 1.54) is 0 Å². The molecule has 0 radical (unpaired) electrons. The van der Waals surface area contributed by atoms with Gasteiger partial charge in [-0.2, -0.15) is 0 Å². The molecule has 18 heavy (non-hydrogen) atoms. The molecular formula is C10H8F3NO4. The van der Waals surface area contributed by atoms with Crippen LogP contribution in [0.15, 0.2) is 12.1 Å². The SMILES string of the molecule is CC(OC(=O)Nc1c(F)cc(F)cc1F)C(=O)O. The van der Waals surface area contributed by atoms with Gasteiger partial charge in [-0.05, 0) is 6.92 Å². The van der Waals surface area contributed by atoms with Crippen molar-refractivity contribution in [3.05, 3.63) is 29.6 Å². The maximum absolute atomic E-state index is 13.1. The van der Waals surface area contributed by atoms with Gasteiger partial charge in [0.1, 0.15) is 11.5 Å². The zero-order valence-corrected chi connectivity index (χ0v) is 9.04. The predicted octanol–water partition coefficient (Wildman–Crippen LogP) is 2.13. The number of benzene rings is 1. The summed E-state index contributed by atoms with van der Waals surface area (Å²) in [5.41, 5.74) is -0.918. The van der Waals surface area contributed by atoms with Crippen LogP contribution >= 0.6 is 0 Å². The lowest BCUT2D eigenvalue weighted by Crippen LogP contribution is -2.27. The Balaban J connectivity index is 2.80. The topological polar surface area (TPSA) is 75.6 Å². The number of hydrogen-bond acceptors (Lipinski definition) is 3. The summed E-state index contributed by atoms with van der Waals surface area (Å²) in [5, 5.41) is 10.1. The van der Waals surface area contributed by atoms with E-state index in [1.54, 1.807) is 5.32 Å². The third kappa shape index (κ3) is 3.37. The summed E-state index contributed by atoms with van der Waals surface area (Å²) in [6.07, 6.45) is -2.86. The molecule has 8 heteroatoms. The summed E-state index contributed by atoms with van der Waals surface area (Å²) in [4.78, 5) is 21.5. The molecule has 0 spiro atoms. The number of amides is 1. The van der Waals surface area contributed by atoms with Crippen molar-refractivity contribution in [1.29, 1.82) is 0 Å². The van der Waals surface area contributed by atoms with Crippen molar-refractivity contribution in [3.63, 3.8) is 0 Å². The minimum absolute atomic E-state index is 0.360. The molecule has 1 unspecified atom stereocenters. The van der Waals surface area contributed by atoms with Crippen LogP contribution in [0.1, 0.15) is 6.92 Å². The highest BCUT2D eigenvalue weighted by Gasteiger charge is 2.19. The van der Waals surface area contributed by atoms with Gasteiger partial charge in [0.2, 0.25) is 0 Å². The Kier molecular flexibility index (Phi) is 4.13. The van der Waals surface area contributed by atoms with Gasteiger partial charge in [-0.1, -0.05) is 0 Å². The molecule has 0 aliphatic carbocycles. The van der Waals surface area contributed by atoms with Crippen LogP contribution in [0.2, 0.25) is 0 Å². The fourth-order valence-electron chi connectivity index (χ4n) is 1.00. The van der Waals surface area contributed by atoms with Crippen LogP contribution in [0, 0.1) is 17.5 Å². The van der Waals surface area contributed by atoms with Crippen LogP contribution in [0.5, 0.6) is 0 Å². The van der Waals surface area contributed by atoms with E-state index in [0.29, 0.717) is 12.1 Å². The van der Waals surface area contributed by atoms with Gasteiger partial charge < -0.3 is 9.84 Å². The Labute approximate surface area is 99.2 Å². The van der Waals surface area contributed by atoms with Gasteiger partial charge in [-0.25, -0.2) is 22.8 Å². The summed E-state index contributed by atoms with van der Waals surface area (Å²) in [5.74, 6) is -5.26. The summed E-state index contributed by atoms with van der Waals surface area (Å²) < 4.78 is 43.0. The quantitative estimate of drug-likeness (QED) is 0.875. The number of ether oxygens (including phenoxy) is 1. The molecule has 0 aromatic heterocycles. The molecule has 5 nitrogen and oxygen atoms in total. The van der Waals surface area contributed by atoms with E-state index < -0.39 is 41.3 Å². The standard InChI is InChI=1S/C10H8F3NO4/c1-4(9(15)16)18-10(17)14-8-6(12)2-5(11)3-7(8)13/h2-4H,1H3,(H,14,17)(H,15,16). The molecule has 0 saturated carbocycles. The molecule has 0 heterocycles. The summed E-state index contributed by atoms with van der Waals surface area (Å²) in [6, 6.07) is 0.721. The van der Waals surface area contributed by atoms with Crippen molar-refractivity contribution in [2.75, 3.05) is 5.32 Å². The minimum Gasteiger partial charge on any atom is -0.479 e. The van der Waals surface area contributed by atoms with Gasteiger partial charge in [0.15, 0.2) is 17.7 Å². The molecule has 2 N–H and O–H groups in total. The molecule has 1 amide bonds. The van der Waals surface area contributed by atoms with Crippen LogP contribution in [0.25, 0.3) is 0 Å². The molecular weight excluding hydrogens is 255 g/mol. The van der Waals surface area contributed by atoms with Crippen molar-refractivity contribution in [3.8, 4) is 0 Å². The van der Waals surface area contributed by atoms with Crippen molar-refractivity contribution in [2.45, 2.75) is 13.0 Å².